The van der Waals surface area contributed by atoms with Crippen molar-refractivity contribution in [3.8, 4) is 23.6 Å². The van der Waals surface area contributed by atoms with E-state index in [2.05, 4.69) is 48.4 Å². The summed E-state index contributed by atoms with van der Waals surface area (Å²) in [5.41, 5.74) is 3.20. The predicted molar refractivity (Wildman–Crippen MR) is 285 cm³/mol. The molecule has 384 valence electrons. The van der Waals surface area contributed by atoms with Gasteiger partial charge in [0, 0.05) is 32.6 Å². The summed E-state index contributed by atoms with van der Waals surface area (Å²) >= 11 is 0. The highest BCUT2D eigenvalue weighted by Crippen LogP contribution is 2.51. The van der Waals surface area contributed by atoms with Gasteiger partial charge in [0.1, 0.15) is 29.4 Å². The molecule has 7 aromatic rings. The predicted octanol–water partition coefficient (Wildman–Crippen LogP) is 11.4. The van der Waals surface area contributed by atoms with E-state index >= 15 is 0 Å². The summed E-state index contributed by atoms with van der Waals surface area (Å²) in [6.45, 7) is 8.57. The molecule has 18 heteroatoms. The van der Waals surface area contributed by atoms with Crippen LogP contribution in [0.15, 0.2) is 151 Å². The van der Waals surface area contributed by atoms with Crippen molar-refractivity contribution < 1.29 is 37.5 Å². The quantitative estimate of drug-likeness (QED) is 0.0206. The Hall–Kier alpha value is -7.29. The Kier molecular flexibility index (Phi) is 17.6. The number of carbonyl (C=O) groups is 1. The number of aliphatic imine (C=N–C) groups is 1. The van der Waals surface area contributed by atoms with Gasteiger partial charge in [0.25, 0.3) is 8.53 Å². The third-order valence-electron chi connectivity index (χ3n) is 12.2. The van der Waals surface area contributed by atoms with Crippen molar-refractivity contribution in [1.82, 2.24) is 29.1 Å². The number of para-hydroxylation sites is 2. The molecule has 0 saturated carbocycles. The van der Waals surface area contributed by atoms with Gasteiger partial charge >= 0.3 is 12.1 Å². The van der Waals surface area contributed by atoms with Gasteiger partial charge in [0.2, 0.25) is 0 Å². The van der Waals surface area contributed by atoms with Gasteiger partial charge < -0.3 is 37.6 Å². The lowest BCUT2D eigenvalue weighted by atomic mass is 9.80. The normalized spacial score (nSPS) is 16.2. The number of fused-ring (bicyclic) bond motifs is 1. The van der Waals surface area contributed by atoms with Crippen LogP contribution < -0.4 is 19.1 Å². The molecule has 1 aliphatic rings. The minimum Gasteiger partial charge on any atom is -0.497 e. The Morgan fingerprint density at radius 3 is 1.91 bits per heavy atom. The largest absolute Gasteiger partial charge is 0.497 e. The zero-order valence-corrected chi connectivity index (χ0v) is 43.8. The topological polar surface area (TPSA) is 171 Å². The molecule has 0 N–H and O–H groups in total. The number of amides is 1. The second-order valence-electron chi connectivity index (χ2n) is 18.1. The van der Waals surface area contributed by atoms with Gasteiger partial charge in [-0.1, -0.05) is 91.0 Å². The van der Waals surface area contributed by atoms with Crippen molar-refractivity contribution in [3.05, 3.63) is 163 Å². The molecule has 3 heterocycles. The second-order valence-corrected chi connectivity index (χ2v) is 19.5. The molecule has 4 atom stereocenters. The van der Waals surface area contributed by atoms with Gasteiger partial charge in [-0.2, -0.15) is 15.2 Å². The van der Waals surface area contributed by atoms with Gasteiger partial charge in [-0.05, 0) is 92.9 Å². The minimum absolute atomic E-state index is 0.0243. The van der Waals surface area contributed by atoms with Crippen LogP contribution in [0.1, 0.15) is 63.5 Å². The van der Waals surface area contributed by atoms with Crippen LogP contribution in [-0.4, -0.2) is 107 Å². The number of imidazole rings is 1. The van der Waals surface area contributed by atoms with Crippen LogP contribution in [0.4, 0.5) is 22.0 Å². The summed E-state index contributed by atoms with van der Waals surface area (Å²) in [4.78, 5) is 36.4. The summed E-state index contributed by atoms with van der Waals surface area (Å²) in [6.07, 6.45) is 0.839. The number of ether oxygens (including phenoxy) is 5. The molecular weight excluding hydrogens is 958 g/mol. The number of anilines is 2. The fraction of sp³-hybridized carbons (Fsp3) is 0.321. The maximum absolute atomic E-state index is 14.3. The molecule has 8 rings (SSSR count). The van der Waals surface area contributed by atoms with Crippen molar-refractivity contribution in [3.63, 3.8) is 0 Å². The zero-order valence-electron chi connectivity index (χ0n) is 42.9. The van der Waals surface area contributed by atoms with E-state index in [0.717, 1.165) is 16.7 Å². The molecule has 1 amide bonds. The first-order valence-corrected chi connectivity index (χ1v) is 25.5. The fourth-order valence-electron chi connectivity index (χ4n) is 8.86. The first-order chi connectivity index (χ1) is 35.9. The average Bonchev–Trinajstić information content (AvgIpc) is 4.03. The van der Waals surface area contributed by atoms with E-state index in [9.17, 15) is 10.1 Å². The Bertz CT molecular complexity index is 2880. The number of nitriles is 1. The van der Waals surface area contributed by atoms with E-state index in [0.29, 0.717) is 40.5 Å². The Morgan fingerprint density at radius 1 is 0.824 bits per heavy atom. The lowest BCUT2D eigenvalue weighted by molar-refractivity contribution is -0.0912. The number of rotatable bonds is 22. The fourth-order valence-corrected chi connectivity index (χ4v) is 10.6. The Morgan fingerprint density at radius 2 is 1.38 bits per heavy atom. The first kappa shape index (κ1) is 53.0. The summed E-state index contributed by atoms with van der Waals surface area (Å²) in [5, 5.41) is 9.57. The molecule has 5 aromatic carbocycles. The SMILES string of the molecule is COc1ccc(C(OC[C@H]2O[C@@H](n3cnc4c(/N=C\N(C)C)nc(OC(=O)N(c5ccccc5)c5ccccc5)nc43)CC2OP(OCCC#N)N(C(C)C)C(C)C)(c2ccccc2)c2ccc(OC)cc2)cc1. The van der Waals surface area contributed by atoms with E-state index in [4.69, 9.17) is 42.7 Å². The van der Waals surface area contributed by atoms with E-state index in [-0.39, 0.29) is 43.5 Å². The minimum atomic E-state index is -1.74. The van der Waals surface area contributed by atoms with Crippen LogP contribution >= 0.6 is 8.53 Å². The van der Waals surface area contributed by atoms with Crippen LogP contribution in [0.3, 0.4) is 0 Å². The third-order valence-corrected chi connectivity index (χ3v) is 14.4. The smallest absolute Gasteiger partial charge is 0.426 e. The zero-order chi connectivity index (χ0) is 52.2. The standard InChI is InChI=1S/C56H62N9O8P/c1-39(2)65(40(3)4)74(70-34-18-33-57)73-48-35-50(71-49(48)36-69-56(41-19-12-9-13-20-41,42-25-29-46(67-7)30-26-42)43-27-31-47(68-8)32-28-43)63-38-58-51-52(59-37-62(5)6)60-54(61-53(51)63)72-55(66)64(44-21-14-10-15-22-44)45-23-16-11-17-24-45/h9-17,19-32,37-40,48-50H,18,34-36H2,1-8H3/b59-37-/t48?,49-,50-,74?/m1/s1. The van der Waals surface area contributed by atoms with Crippen molar-refractivity contribution in [2.75, 3.05) is 46.4 Å². The summed E-state index contributed by atoms with van der Waals surface area (Å²) in [6, 6.07) is 46.1. The monoisotopic (exact) mass is 1020 g/mol. The lowest BCUT2D eigenvalue weighted by Gasteiger charge is -2.39. The summed E-state index contributed by atoms with van der Waals surface area (Å²) < 4.78 is 49.5. The molecule has 74 heavy (non-hydrogen) atoms. The number of hydrogen-bond acceptors (Lipinski definition) is 14. The van der Waals surface area contributed by atoms with Gasteiger partial charge in [-0.3, -0.25) is 4.57 Å². The first-order valence-electron chi connectivity index (χ1n) is 24.4. The number of nitrogens with zero attached hydrogens (tertiary/aromatic N) is 9. The summed E-state index contributed by atoms with van der Waals surface area (Å²) in [7, 11) is 5.21. The van der Waals surface area contributed by atoms with Crippen LogP contribution in [0, 0.1) is 11.3 Å². The number of benzene rings is 5. The lowest BCUT2D eigenvalue weighted by Crippen LogP contribution is -2.39. The van der Waals surface area contributed by atoms with Crippen LogP contribution in [0.2, 0.25) is 0 Å². The molecular formula is C56H62N9O8P. The van der Waals surface area contributed by atoms with Crippen molar-refractivity contribution >= 4 is 49.3 Å². The molecule has 2 unspecified atom stereocenters. The van der Waals surface area contributed by atoms with Gasteiger partial charge in [-0.25, -0.2) is 24.3 Å². The van der Waals surface area contributed by atoms with E-state index < -0.39 is 38.7 Å². The van der Waals surface area contributed by atoms with Crippen LogP contribution in [0.25, 0.3) is 11.2 Å². The summed E-state index contributed by atoms with van der Waals surface area (Å²) in [5.74, 6) is 1.56. The van der Waals surface area contributed by atoms with E-state index in [1.165, 1.54) is 4.90 Å². The molecule has 1 saturated heterocycles. The molecule has 2 aromatic heterocycles. The van der Waals surface area contributed by atoms with Crippen molar-refractivity contribution in [2.45, 2.75) is 76.7 Å². The van der Waals surface area contributed by atoms with Crippen LogP contribution in [-0.2, 0) is 24.1 Å². The van der Waals surface area contributed by atoms with E-state index in [1.54, 1.807) is 36.4 Å². The van der Waals surface area contributed by atoms with Gasteiger partial charge in [-0.15, -0.1) is 0 Å². The Labute approximate surface area is 433 Å². The molecule has 17 nitrogen and oxygen atoms in total. The number of hydrogen-bond donors (Lipinski definition) is 0. The Balaban J connectivity index is 1.22. The molecule has 0 radical (unpaired) electrons. The highest BCUT2D eigenvalue weighted by Gasteiger charge is 2.45. The molecule has 0 bridgehead atoms. The average molecular weight is 1020 g/mol. The molecule has 1 fully saturated rings. The maximum atomic E-state index is 14.3. The van der Waals surface area contributed by atoms with Crippen molar-refractivity contribution in [2.24, 2.45) is 4.99 Å². The van der Waals surface area contributed by atoms with Gasteiger partial charge in [0.15, 0.2) is 17.0 Å². The highest BCUT2D eigenvalue weighted by atomic mass is 31.2. The second kappa shape index (κ2) is 24.6. The molecule has 0 spiro atoms. The van der Waals surface area contributed by atoms with Crippen LogP contribution in [0.5, 0.6) is 17.5 Å². The highest BCUT2D eigenvalue weighted by molar-refractivity contribution is 7.44. The molecule has 1 aliphatic heterocycles. The van der Waals surface area contributed by atoms with E-state index in [1.807, 2.05) is 154 Å². The number of carbonyl (C=O) groups excluding carboxylic acids is 1. The maximum Gasteiger partial charge on any atom is 0.426 e. The van der Waals surface area contributed by atoms with Gasteiger partial charge in [0.05, 0.1) is 70.1 Å². The van der Waals surface area contributed by atoms with Crippen molar-refractivity contribution in [1.29, 1.82) is 5.26 Å². The third kappa shape index (κ3) is 12.0. The number of methoxy groups -OCH3 is 2. The molecule has 0 aliphatic carbocycles. The number of aromatic nitrogens is 4.